The van der Waals surface area contributed by atoms with Gasteiger partial charge >= 0.3 is 5.97 Å². The number of rotatable bonds is 11. The third-order valence-corrected chi connectivity index (χ3v) is 8.69. The second-order valence-electron chi connectivity index (χ2n) is 12.3. The molecule has 7 rings (SSSR count). The van der Waals surface area contributed by atoms with Crippen molar-refractivity contribution < 1.29 is 14.6 Å². The Hall–Kier alpha value is -7.62. The maximum atomic E-state index is 12.0. The fourth-order valence-corrected chi connectivity index (χ4v) is 6.12. The van der Waals surface area contributed by atoms with E-state index in [9.17, 15) is 15.2 Å². The molecule has 260 valence electrons. The highest BCUT2D eigenvalue weighted by Crippen LogP contribution is 2.36. The lowest BCUT2D eigenvalue weighted by molar-refractivity contribution is -0.132. The summed E-state index contributed by atoms with van der Waals surface area (Å²) < 4.78 is 6.19. The Bertz CT molecular complexity index is 2180. The van der Waals surface area contributed by atoms with Gasteiger partial charge in [0.25, 0.3) is 0 Å². The normalized spacial score (nSPS) is 12.4. The summed E-state index contributed by atoms with van der Waals surface area (Å²) in [5, 5.41) is 19.4. The van der Waals surface area contributed by atoms with E-state index in [1.165, 1.54) is 0 Å². The SMILES string of the molecule is N#CC(C(=O)O)=C1C=C(/C=C/c2ccc(N(c3ccccc3)c3ccccc3)cc2)OC(/C=C/c2ccc(N(c3ccccc3)c3ccccc3)cc2)=C1. The first-order chi connectivity index (χ1) is 26.6. The molecule has 6 aromatic carbocycles. The van der Waals surface area contributed by atoms with Crippen LogP contribution in [0.15, 0.2) is 217 Å². The number of carboxylic acid groups (broad SMARTS) is 1. The zero-order valence-electron chi connectivity index (χ0n) is 29.2. The van der Waals surface area contributed by atoms with E-state index in [4.69, 9.17) is 4.74 Å². The number of hydrogen-bond acceptors (Lipinski definition) is 5. The summed E-state index contributed by atoms with van der Waals surface area (Å²) in [5.41, 5.74) is 7.90. The van der Waals surface area contributed by atoms with Crippen LogP contribution in [0.5, 0.6) is 0 Å². The van der Waals surface area contributed by atoms with Crippen molar-refractivity contribution in [3.8, 4) is 6.07 Å². The fourth-order valence-electron chi connectivity index (χ4n) is 6.12. The number of ether oxygens (including phenoxy) is 1. The van der Waals surface area contributed by atoms with Gasteiger partial charge in [0.15, 0.2) is 0 Å². The van der Waals surface area contributed by atoms with Crippen LogP contribution >= 0.6 is 0 Å². The molecule has 0 aliphatic carbocycles. The number of carbonyl (C=O) groups is 1. The minimum atomic E-state index is -1.30. The standard InChI is InChI=1S/C48H35N3O3/c49-35-47(48(52)53)38-33-45(31-25-36-21-27-43(28-22-36)50(39-13-5-1-6-14-39)40-15-7-2-8-16-40)54-46(34-38)32-26-37-23-29-44(30-24-37)51(41-17-9-3-10-18-41)42-19-11-4-12-20-42/h1-34H,(H,52,53)/b31-25+,32-26+. The molecule has 0 radical (unpaired) electrons. The minimum Gasteiger partial charge on any atom is -0.477 e. The number of nitriles is 1. The van der Waals surface area contributed by atoms with Gasteiger partial charge in [-0.1, -0.05) is 109 Å². The molecule has 0 atom stereocenters. The third-order valence-electron chi connectivity index (χ3n) is 8.69. The van der Waals surface area contributed by atoms with E-state index < -0.39 is 5.97 Å². The highest BCUT2D eigenvalue weighted by molar-refractivity contribution is 5.93. The third kappa shape index (κ3) is 8.29. The largest absolute Gasteiger partial charge is 0.477 e. The van der Waals surface area contributed by atoms with Gasteiger partial charge in [-0.2, -0.15) is 5.26 Å². The number of anilines is 6. The molecule has 1 aliphatic heterocycles. The van der Waals surface area contributed by atoms with Gasteiger partial charge in [-0.15, -0.1) is 0 Å². The van der Waals surface area contributed by atoms with E-state index >= 15 is 0 Å². The molecule has 6 aromatic rings. The lowest BCUT2D eigenvalue weighted by Crippen LogP contribution is -2.09. The number of nitrogens with zero attached hydrogens (tertiary/aromatic N) is 3. The average molecular weight is 702 g/mol. The smallest absolute Gasteiger partial charge is 0.347 e. The molecule has 0 bridgehead atoms. The first-order valence-electron chi connectivity index (χ1n) is 17.4. The van der Waals surface area contributed by atoms with Crippen LogP contribution in [0.3, 0.4) is 0 Å². The van der Waals surface area contributed by atoms with Gasteiger partial charge in [0.1, 0.15) is 23.2 Å². The summed E-state index contributed by atoms with van der Waals surface area (Å²) in [7, 11) is 0. The molecule has 6 nitrogen and oxygen atoms in total. The van der Waals surface area contributed by atoms with E-state index in [1.807, 2.05) is 115 Å². The van der Waals surface area contributed by atoms with Gasteiger partial charge in [0, 0.05) is 39.7 Å². The molecule has 1 N–H and O–H groups in total. The molecule has 1 aliphatic rings. The van der Waals surface area contributed by atoms with Crippen LogP contribution in [0.2, 0.25) is 0 Å². The van der Waals surface area contributed by atoms with Crippen LogP contribution in [0.4, 0.5) is 34.1 Å². The van der Waals surface area contributed by atoms with Crippen LogP contribution in [-0.2, 0) is 9.53 Å². The van der Waals surface area contributed by atoms with Crippen molar-refractivity contribution in [1.82, 2.24) is 0 Å². The van der Waals surface area contributed by atoms with E-state index in [0.29, 0.717) is 11.5 Å². The molecule has 1 heterocycles. The first kappa shape index (κ1) is 34.8. The molecule has 0 fully saturated rings. The zero-order chi connectivity index (χ0) is 37.1. The summed E-state index contributed by atoms with van der Waals surface area (Å²) in [6.45, 7) is 0. The number of benzene rings is 6. The second-order valence-corrected chi connectivity index (χ2v) is 12.3. The van der Waals surface area contributed by atoms with Gasteiger partial charge in [0.2, 0.25) is 0 Å². The van der Waals surface area contributed by atoms with Crippen LogP contribution in [0.1, 0.15) is 11.1 Å². The van der Waals surface area contributed by atoms with Gasteiger partial charge in [-0.05, 0) is 108 Å². The van der Waals surface area contributed by atoms with Crippen molar-refractivity contribution in [2.45, 2.75) is 0 Å². The second kappa shape index (κ2) is 16.6. The Labute approximate surface area is 315 Å². The molecular weight excluding hydrogens is 667 g/mol. The summed E-state index contributed by atoms with van der Waals surface area (Å²) >= 11 is 0. The molecule has 6 heteroatoms. The average Bonchev–Trinajstić information content (AvgIpc) is 3.22. The Morgan fingerprint density at radius 2 is 0.796 bits per heavy atom. The summed E-state index contributed by atoms with van der Waals surface area (Å²) in [6.07, 6.45) is 10.5. The maximum Gasteiger partial charge on any atom is 0.347 e. The fraction of sp³-hybridized carbons (Fsp3) is 0. The number of allylic oxidation sites excluding steroid dienone is 5. The highest BCUT2D eigenvalue weighted by Gasteiger charge is 2.17. The van der Waals surface area contributed by atoms with Crippen LogP contribution in [-0.4, -0.2) is 11.1 Å². The quantitative estimate of drug-likeness (QED) is 0.107. The lowest BCUT2D eigenvalue weighted by atomic mass is 10.0. The monoisotopic (exact) mass is 701 g/mol. The molecule has 0 saturated carbocycles. The van der Waals surface area contributed by atoms with Crippen LogP contribution < -0.4 is 9.80 Å². The van der Waals surface area contributed by atoms with Crippen molar-refractivity contribution in [3.63, 3.8) is 0 Å². The zero-order valence-corrected chi connectivity index (χ0v) is 29.2. The summed E-state index contributed by atoms with van der Waals surface area (Å²) in [6, 6.07) is 58.8. The van der Waals surface area contributed by atoms with Crippen LogP contribution in [0, 0.1) is 11.3 Å². The lowest BCUT2D eigenvalue weighted by Gasteiger charge is -2.25. The number of carboxylic acids is 1. The molecular formula is C48H35N3O3. The first-order valence-corrected chi connectivity index (χ1v) is 17.4. The van der Waals surface area contributed by atoms with E-state index in [2.05, 4.69) is 82.6 Å². The number of hydrogen-bond donors (Lipinski definition) is 1. The Morgan fingerprint density at radius 1 is 0.481 bits per heavy atom. The molecule has 0 unspecified atom stereocenters. The van der Waals surface area contributed by atoms with Crippen molar-refractivity contribution in [2.75, 3.05) is 9.80 Å². The molecule has 0 aromatic heterocycles. The van der Waals surface area contributed by atoms with Crippen molar-refractivity contribution in [1.29, 1.82) is 5.26 Å². The predicted molar refractivity (Wildman–Crippen MR) is 218 cm³/mol. The summed E-state index contributed by atoms with van der Waals surface area (Å²) in [5.74, 6) is -0.503. The molecule has 0 spiro atoms. The van der Waals surface area contributed by atoms with Gasteiger partial charge in [-0.25, -0.2) is 4.79 Å². The minimum absolute atomic E-state index is 0.254. The molecule has 54 heavy (non-hydrogen) atoms. The predicted octanol–water partition coefficient (Wildman–Crippen LogP) is 12.1. The number of aliphatic carboxylic acids is 1. The van der Waals surface area contributed by atoms with Gasteiger partial charge in [-0.3, -0.25) is 0 Å². The Balaban J connectivity index is 1.12. The van der Waals surface area contributed by atoms with E-state index in [-0.39, 0.29) is 11.1 Å². The van der Waals surface area contributed by atoms with Crippen molar-refractivity contribution in [2.24, 2.45) is 0 Å². The maximum absolute atomic E-state index is 12.0. The Kier molecular flexibility index (Phi) is 10.7. The van der Waals surface area contributed by atoms with Crippen molar-refractivity contribution >= 4 is 52.2 Å². The van der Waals surface area contributed by atoms with E-state index in [0.717, 1.165) is 45.3 Å². The Morgan fingerprint density at radius 3 is 1.09 bits per heavy atom. The summed E-state index contributed by atoms with van der Waals surface area (Å²) in [4.78, 5) is 16.3. The molecule has 0 saturated heterocycles. The van der Waals surface area contributed by atoms with Crippen molar-refractivity contribution in [3.05, 3.63) is 228 Å². The van der Waals surface area contributed by atoms with Gasteiger partial charge < -0.3 is 19.6 Å². The highest BCUT2D eigenvalue weighted by atomic mass is 16.5. The molecule has 0 amide bonds. The topological polar surface area (TPSA) is 76.8 Å². The van der Waals surface area contributed by atoms with Crippen LogP contribution in [0.25, 0.3) is 12.2 Å². The van der Waals surface area contributed by atoms with Gasteiger partial charge in [0.05, 0.1) is 0 Å². The van der Waals surface area contributed by atoms with E-state index in [1.54, 1.807) is 24.3 Å². The number of para-hydroxylation sites is 4.